The SMILES string of the molecule is CCC[C@H](C(=O)O)[C@@H]1CO1. The van der Waals surface area contributed by atoms with Crippen LogP contribution in [-0.2, 0) is 9.53 Å². The zero-order chi connectivity index (χ0) is 7.56. The molecule has 0 unspecified atom stereocenters. The van der Waals surface area contributed by atoms with Crippen LogP contribution in [0.3, 0.4) is 0 Å². The van der Waals surface area contributed by atoms with Crippen LogP contribution in [0, 0.1) is 5.92 Å². The molecule has 1 fully saturated rings. The van der Waals surface area contributed by atoms with Crippen molar-refractivity contribution in [2.75, 3.05) is 6.61 Å². The van der Waals surface area contributed by atoms with Crippen molar-refractivity contribution in [1.82, 2.24) is 0 Å². The Bertz CT molecular complexity index is 129. The summed E-state index contributed by atoms with van der Waals surface area (Å²) in [5.74, 6) is -0.977. The lowest BCUT2D eigenvalue weighted by Gasteiger charge is -2.05. The average Bonchev–Trinajstić information content (AvgIpc) is 2.63. The molecule has 1 aliphatic heterocycles. The van der Waals surface area contributed by atoms with Gasteiger partial charge in [0.05, 0.1) is 18.6 Å². The largest absolute Gasteiger partial charge is 0.481 e. The fourth-order valence-electron chi connectivity index (χ4n) is 1.07. The van der Waals surface area contributed by atoms with Crippen LogP contribution in [-0.4, -0.2) is 23.8 Å². The van der Waals surface area contributed by atoms with Gasteiger partial charge in [-0.05, 0) is 6.42 Å². The minimum absolute atomic E-state index is 0.0115. The number of ether oxygens (including phenoxy) is 1. The van der Waals surface area contributed by atoms with E-state index in [1.54, 1.807) is 0 Å². The maximum Gasteiger partial charge on any atom is 0.309 e. The Morgan fingerprint density at radius 3 is 2.80 bits per heavy atom. The molecule has 2 atom stereocenters. The number of hydrogen-bond donors (Lipinski definition) is 1. The maximum atomic E-state index is 10.5. The summed E-state index contributed by atoms with van der Waals surface area (Å²) in [6.45, 7) is 2.62. The molecule has 10 heavy (non-hydrogen) atoms. The molecule has 0 radical (unpaired) electrons. The van der Waals surface area contributed by atoms with Gasteiger partial charge in [0.1, 0.15) is 0 Å². The van der Waals surface area contributed by atoms with E-state index in [0.29, 0.717) is 6.61 Å². The highest BCUT2D eigenvalue weighted by Crippen LogP contribution is 2.24. The molecule has 0 spiro atoms. The van der Waals surface area contributed by atoms with Gasteiger partial charge in [-0.15, -0.1) is 0 Å². The van der Waals surface area contributed by atoms with Gasteiger partial charge in [0.25, 0.3) is 0 Å². The summed E-state index contributed by atoms with van der Waals surface area (Å²) in [6, 6.07) is 0. The van der Waals surface area contributed by atoms with Crippen LogP contribution >= 0.6 is 0 Å². The normalized spacial score (nSPS) is 25.9. The van der Waals surface area contributed by atoms with Gasteiger partial charge in [-0.25, -0.2) is 0 Å². The minimum atomic E-state index is -0.718. The van der Waals surface area contributed by atoms with Crippen molar-refractivity contribution in [1.29, 1.82) is 0 Å². The van der Waals surface area contributed by atoms with Crippen molar-refractivity contribution < 1.29 is 14.6 Å². The van der Waals surface area contributed by atoms with Crippen LogP contribution in [0.25, 0.3) is 0 Å². The third kappa shape index (κ3) is 1.70. The number of aliphatic carboxylic acids is 1. The molecular formula is C7H12O3. The van der Waals surface area contributed by atoms with E-state index in [4.69, 9.17) is 9.84 Å². The number of epoxide rings is 1. The molecule has 0 amide bonds. The molecule has 0 saturated carbocycles. The predicted molar refractivity (Wildman–Crippen MR) is 35.8 cm³/mol. The van der Waals surface area contributed by atoms with Crippen molar-refractivity contribution in [3.8, 4) is 0 Å². The molecule has 1 rings (SSSR count). The minimum Gasteiger partial charge on any atom is -0.481 e. The molecule has 3 nitrogen and oxygen atoms in total. The molecule has 0 aromatic heterocycles. The van der Waals surface area contributed by atoms with Gasteiger partial charge < -0.3 is 9.84 Å². The zero-order valence-electron chi connectivity index (χ0n) is 6.04. The summed E-state index contributed by atoms with van der Waals surface area (Å²) in [4.78, 5) is 10.5. The smallest absolute Gasteiger partial charge is 0.309 e. The van der Waals surface area contributed by atoms with Crippen LogP contribution in [0.2, 0.25) is 0 Å². The lowest BCUT2D eigenvalue weighted by atomic mass is 10.0. The van der Waals surface area contributed by atoms with E-state index in [9.17, 15) is 4.79 Å². The summed E-state index contributed by atoms with van der Waals surface area (Å²) >= 11 is 0. The molecule has 3 heteroatoms. The molecular weight excluding hydrogens is 132 g/mol. The highest BCUT2D eigenvalue weighted by molar-refractivity contribution is 5.71. The standard InChI is InChI=1S/C7H12O3/c1-2-3-5(7(8)9)6-4-10-6/h5-6H,2-4H2,1H3,(H,8,9)/t5-,6-/m0/s1. The predicted octanol–water partition coefficient (Wildman–Crippen LogP) is 0.886. The van der Waals surface area contributed by atoms with Crippen LogP contribution < -0.4 is 0 Å². The van der Waals surface area contributed by atoms with Crippen LogP contribution in [0.4, 0.5) is 0 Å². The average molecular weight is 144 g/mol. The number of carboxylic acids is 1. The van der Waals surface area contributed by atoms with Crippen molar-refractivity contribution in [3.63, 3.8) is 0 Å². The van der Waals surface area contributed by atoms with E-state index in [1.165, 1.54) is 0 Å². The van der Waals surface area contributed by atoms with Crippen molar-refractivity contribution in [3.05, 3.63) is 0 Å². The quantitative estimate of drug-likeness (QED) is 0.596. The monoisotopic (exact) mass is 144 g/mol. The first-order valence-corrected chi connectivity index (χ1v) is 3.60. The number of hydrogen-bond acceptors (Lipinski definition) is 2. The lowest BCUT2D eigenvalue weighted by molar-refractivity contribution is -0.142. The van der Waals surface area contributed by atoms with Gasteiger partial charge in [0.15, 0.2) is 0 Å². The molecule has 0 aliphatic carbocycles. The molecule has 1 N–H and O–H groups in total. The second-order valence-corrected chi connectivity index (χ2v) is 2.61. The molecule has 0 bridgehead atoms. The first-order chi connectivity index (χ1) is 4.75. The van der Waals surface area contributed by atoms with E-state index >= 15 is 0 Å². The van der Waals surface area contributed by atoms with Gasteiger partial charge in [-0.1, -0.05) is 13.3 Å². The topological polar surface area (TPSA) is 49.8 Å². The number of carboxylic acid groups (broad SMARTS) is 1. The molecule has 1 heterocycles. The summed E-state index contributed by atoms with van der Waals surface area (Å²) in [5, 5.41) is 8.63. The lowest BCUT2D eigenvalue weighted by Crippen LogP contribution is -2.19. The van der Waals surface area contributed by atoms with E-state index in [1.807, 2.05) is 6.92 Å². The van der Waals surface area contributed by atoms with Gasteiger partial charge in [0.2, 0.25) is 0 Å². The Balaban J connectivity index is 2.34. The van der Waals surface area contributed by atoms with Crippen molar-refractivity contribution >= 4 is 5.97 Å². The second-order valence-electron chi connectivity index (χ2n) is 2.61. The zero-order valence-corrected chi connectivity index (χ0v) is 6.04. The van der Waals surface area contributed by atoms with Gasteiger partial charge >= 0.3 is 5.97 Å². The molecule has 1 saturated heterocycles. The van der Waals surface area contributed by atoms with E-state index in [-0.39, 0.29) is 12.0 Å². The highest BCUT2D eigenvalue weighted by Gasteiger charge is 2.36. The van der Waals surface area contributed by atoms with Gasteiger partial charge in [0, 0.05) is 0 Å². The summed E-state index contributed by atoms with van der Waals surface area (Å²) in [5.41, 5.74) is 0. The van der Waals surface area contributed by atoms with E-state index in [2.05, 4.69) is 0 Å². The molecule has 0 aromatic rings. The Morgan fingerprint density at radius 1 is 1.90 bits per heavy atom. The van der Waals surface area contributed by atoms with E-state index < -0.39 is 5.97 Å². The molecule has 1 aliphatic rings. The van der Waals surface area contributed by atoms with Gasteiger partial charge in [-0.3, -0.25) is 4.79 Å². The van der Waals surface area contributed by atoms with Crippen LogP contribution in [0.5, 0.6) is 0 Å². The first-order valence-electron chi connectivity index (χ1n) is 3.60. The third-order valence-electron chi connectivity index (χ3n) is 1.72. The Hall–Kier alpha value is -0.570. The Kier molecular flexibility index (Phi) is 2.27. The summed E-state index contributed by atoms with van der Waals surface area (Å²) < 4.78 is 4.90. The highest BCUT2D eigenvalue weighted by atomic mass is 16.6. The fraction of sp³-hybridized carbons (Fsp3) is 0.857. The van der Waals surface area contributed by atoms with Crippen LogP contribution in [0.15, 0.2) is 0 Å². The summed E-state index contributed by atoms with van der Waals surface area (Å²) in [6.07, 6.45) is 1.66. The molecule has 0 aromatic carbocycles. The van der Waals surface area contributed by atoms with Crippen LogP contribution in [0.1, 0.15) is 19.8 Å². The Labute approximate surface area is 60.0 Å². The summed E-state index contributed by atoms with van der Waals surface area (Å²) in [7, 11) is 0. The van der Waals surface area contributed by atoms with Crippen molar-refractivity contribution in [2.45, 2.75) is 25.9 Å². The van der Waals surface area contributed by atoms with Gasteiger partial charge in [-0.2, -0.15) is 0 Å². The van der Waals surface area contributed by atoms with Crippen molar-refractivity contribution in [2.24, 2.45) is 5.92 Å². The van der Waals surface area contributed by atoms with E-state index in [0.717, 1.165) is 12.8 Å². The second kappa shape index (κ2) is 3.01. The fourth-order valence-corrected chi connectivity index (χ4v) is 1.07. The maximum absolute atomic E-state index is 10.5. The first kappa shape index (κ1) is 7.54. The number of carbonyl (C=O) groups is 1. The Morgan fingerprint density at radius 2 is 2.50 bits per heavy atom. The number of rotatable bonds is 4. The third-order valence-corrected chi connectivity index (χ3v) is 1.72. The molecule has 58 valence electrons.